The molecule has 182 valence electrons. The second kappa shape index (κ2) is 9.24. The summed E-state index contributed by atoms with van der Waals surface area (Å²) in [7, 11) is 0. The van der Waals surface area contributed by atoms with Gasteiger partial charge in [0.05, 0.1) is 6.04 Å². The Morgan fingerprint density at radius 2 is 1.56 bits per heavy atom. The van der Waals surface area contributed by atoms with E-state index in [1.165, 1.54) is 0 Å². The average molecular weight is 473 g/mol. The lowest BCUT2D eigenvalue weighted by atomic mass is 9.87. The zero-order valence-corrected chi connectivity index (χ0v) is 19.6. The van der Waals surface area contributed by atoms with Gasteiger partial charge in [0.25, 0.3) is 5.92 Å². The van der Waals surface area contributed by atoms with Gasteiger partial charge in [-0.05, 0) is 55.9 Å². The predicted octanol–water partition coefficient (Wildman–Crippen LogP) is 5.61. The molecule has 1 fully saturated rings. The lowest BCUT2D eigenvalue weighted by Crippen LogP contribution is -2.62. The fourth-order valence-electron chi connectivity index (χ4n) is 4.76. The molecule has 0 spiro atoms. The van der Waals surface area contributed by atoms with Crippen LogP contribution in [0.3, 0.4) is 0 Å². The summed E-state index contributed by atoms with van der Waals surface area (Å²) in [5.41, 5.74) is 3.49. The molecule has 0 aromatic heterocycles. The molecule has 2 atom stereocenters. The van der Waals surface area contributed by atoms with E-state index in [2.05, 4.69) is 10.6 Å². The Morgan fingerprint density at radius 3 is 2.15 bits per heavy atom. The molecule has 4 rings (SSSR count). The third-order valence-electron chi connectivity index (χ3n) is 6.20. The van der Waals surface area contributed by atoms with Crippen molar-refractivity contribution in [2.75, 3.05) is 6.61 Å². The van der Waals surface area contributed by atoms with Crippen LogP contribution in [0.4, 0.5) is 18.4 Å². The largest absolute Gasteiger partial charge is 0.449 e. The highest BCUT2D eigenvalue weighted by atomic mass is 19.3. The fraction of sp³-hybridized carbons (Fsp3) is 0.462. The SMILES string of the molecule is CC(C)(C)OC(=O)N[C@@H]1[C@@H](NC(=O)OCC2c3ccccc3-c3ccccc32)CCCC1(F)F. The standard InChI is InChI=1S/C26H30F2N2O4/c1-25(2,3)34-24(32)30-22-21(13-8-14-26(22,27)28)29-23(31)33-15-20-18-11-6-4-9-16(18)17-10-5-7-12-19(17)20/h4-7,9-12,20-22H,8,13-15H2,1-3H3,(H,29,31)(H,30,32)/t21-,22+/m0/s1. The average Bonchev–Trinajstić information content (AvgIpc) is 3.07. The summed E-state index contributed by atoms with van der Waals surface area (Å²) in [5, 5.41) is 4.82. The van der Waals surface area contributed by atoms with E-state index in [-0.39, 0.29) is 25.4 Å². The molecule has 8 heteroatoms. The Kier molecular flexibility index (Phi) is 6.51. The number of rotatable bonds is 4. The highest BCUT2D eigenvalue weighted by Gasteiger charge is 2.49. The Morgan fingerprint density at radius 1 is 0.971 bits per heavy atom. The summed E-state index contributed by atoms with van der Waals surface area (Å²) in [6.07, 6.45) is -1.61. The minimum atomic E-state index is -3.18. The molecule has 1 saturated carbocycles. The van der Waals surface area contributed by atoms with E-state index in [1.54, 1.807) is 20.8 Å². The van der Waals surface area contributed by atoms with Crippen molar-refractivity contribution < 1.29 is 27.8 Å². The molecule has 2 aliphatic carbocycles. The maximum atomic E-state index is 14.7. The molecule has 6 nitrogen and oxygen atoms in total. The lowest BCUT2D eigenvalue weighted by molar-refractivity contribution is -0.0755. The number of amides is 2. The molecule has 0 aliphatic heterocycles. The summed E-state index contributed by atoms with van der Waals surface area (Å²) in [6, 6.07) is 13.3. The Bertz CT molecular complexity index is 1020. The molecule has 2 N–H and O–H groups in total. The number of alkyl carbamates (subject to hydrolysis) is 2. The topological polar surface area (TPSA) is 76.7 Å². The number of carbonyl (C=O) groups excluding carboxylic acids is 2. The molecule has 0 heterocycles. The normalized spacial score (nSPS) is 21.2. The van der Waals surface area contributed by atoms with Gasteiger partial charge in [-0.3, -0.25) is 0 Å². The third kappa shape index (κ3) is 5.16. The van der Waals surface area contributed by atoms with E-state index in [9.17, 15) is 18.4 Å². The van der Waals surface area contributed by atoms with E-state index in [0.717, 1.165) is 22.3 Å². The van der Waals surface area contributed by atoms with Gasteiger partial charge in [0.15, 0.2) is 0 Å². The van der Waals surface area contributed by atoms with Crippen molar-refractivity contribution in [3.05, 3.63) is 59.7 Å². The van der Waals surface area contributed by atoms with Crippen LogP contribution in [0, 0.1) is 0 Å². The first-order chi connectivity index (χ1) is 16.0. The first-order valence-electron chi connectivity index (χ1n) is 11.5. The van der Waals surface area contributed by atoms with Gasteiger partial charge in [0.1, 0.15) is 18.2 Å². The Labute approximate surface area is 198 Å². The van der Waals surface area contributed by atoms with Gasteiger partial charge in [0.2, 0.25) is 0 Å². The minimum Gasteiger partial charge on any atom is -0.449 e. The van der Waals surface area contributed by atoms with Crippen molar-refractivity contribution in [3.8, 4) is 11.1 Å². The molecular weight excluding hydrogens is 442 g/mol. The predicted molar refractivity (Wildman–Crippen MR) is 124 cm³/mol. The van der Waals surface area contributed by atoms with Gasteiger partial charge in [-0.1, -0.05) is 48.5 Å². The molecule has 0 saturated heterocycles. The molecular formula is C26H30F2N2O4. The van der Waals surface area contributed by atoms with Crippen LogP contribution < -0.4 is 10.6 Å². The number of alkyl halides is 2. The second-order valence-corrected chi connectivity index (χ2v) is 9.85. The van der Waals surface area contributed by atoms with E-state index < -0.39 is 35.8 Å². The van der Waals surface area contributed by atoms with E-state index in [1.807, 2.05) is 48.5 Å². The Balaban J connectivity index is 1.42. The number of hydrogen-bond acceptors (Lipinski definition) is 4. The van der Waals surface area contributed by atoms with Crippen LogP contribution in [0.15, 0.2) is 48.5 Å². The fourth-order valence-corrected chi connectivity index (χ4v) is 4.76. The van der Waals surface area contributed by atoms with Crippen molar-refractivity contribution in [3.63, 3.8) is 0 Å². The lowest BCUT2D eigenvalue weighted by Gasteiger charge is -2.38. The highest BCUT2D eigenvalue weighted by Crippen LogP contribution is 2.44. The monoisotopic (exact) mass is 472 g/mol. The quantitative estimate of drug-likeness (QED) is 0.607. The van der Waals surface area contributed by atoms with Gasteiger partial charge in [0, 0.05) is 12.3 Å². The number of carbonyl (C=O) groups is 2. The number of halogens is 2. The maximum absolute atomic E-state index is 14.7. The zero-order chi connectivity index (χ0) is 24.5. The molecule has 0 unspecified atom stereocenters. The van der Waals surface area contributed by atoms with E-state index >= 15 is 0 Å². The first-order valence-corrected chi connectivity index (χ1v) is 11.5. The van der Waals surface area contributed by atoms with Crippen LogP contribution in [0.1, 0.15) is 57.1 Å². The number of ether oxygens (including phenoxy) is 2. The van der Waals surface area contributed by atoms with Gasteiger partial charge < -0.3 is 20.1 Å². The Hall–Kier alpha value is -3.16. The number of benzene rings is 2. The smallest absolute Gasteiger partial charge is 0.408 e. The van der Waals surface area contributed by atoms with Crippen LogP contribution in [0.25, 0.3) is 11.1 Å². The minimum absolute atomic E-state index is 0.0765. The van der Waals surface area contributed by atoms with Gasteiger partial charge in [-0.2, -0.15) is 0 Å². The molecule has 2 aromatic rings. The van der Waals surface area contributed by atoms with Gasteiger partial charge in [-0.25, -0.2) is 18.4 Å². The van der Waals surface area contributed by atoms with Crippen LogP contribution >= 0.6 is 0 Å². The van der Waals surface area contributed by atoms with Crippen molar-refractivity contribution in [2.45, 2.75) is 69.6 Å². The molecule has 0 bridgehead atoms. The van der Waals surface area contributed by atoms with E-state index in [0.29, 0.717) is 6.42 Å². The summed E-state index contributed by atoms with van der Waals surface area (Å²) >= 11 is 0. The van der Waals surface area contributed by atoms with Gasteiger partial charge >= 0.3 is 12.2 Å². The molecule has 34 heavy (non-hydrogen) atoms. The molecule has 0 radical (unpaired) electrons. The summed E-state index contributed by atoms with van der Waals surface area (Å²) in [4.78, 5) is 24.8. The van der Waals surface area contributed by atoms with E-state index in [4.69, 9.17) is 9.47 Å². The third-order valence-corrected chi connectivity index (χ3v) is 6.20. The van der Waals surface area contributed by atoms with Crippen molar-refractivity contribution in [1.82, 2.24) is 10.6 Å². The first kappa shape index (κ1) is 24.0. The summed E-state index contributed by atoms with van der Waals surface area (Å²) in [5.74, 6) is -3.32. The zero-order valence-electron chi connectivity index (χ0n) is 19.6. The van der Waals surface area contributed by atoms with Crippen LogP contribution in [-0.2, 0) is 9.47 Å². The molecule has 2 aliphatic rings. The van der Waals surface area contributed by atoms with Crippen LogP contribution in [-0.4, -0.2) is 42.4 Å². The van der Waals surface area contributed by atoms with Crippen LogP contribution in [0.5, 0.6) is 0 Å². The summed E-state index contributed by atoms with van der Waals surface area (Å²) in [6.45, 7) is 5.03. The van der Waals surface area contributed by atoms with Crippen LogP contribution in [0.2, 0.25) is 0 Å². The number of nitrogens with one attached hydrogen (secondary N) is 2. The van der Waals surface area contributed by atoms with Crippen molar-refractivity contribution >= 4 is 12.2 Å². The maximum Gasteiger partial charge on any atom is 0.408 e. The van der Waals surface area contributed by atoms with Crippen molar-refractivity contribution in [1.29, 1.82) is 0 Å². The van der Waals surface area contributed by atoms with Crippen molar-refractivity contribution in [2.24, 2.45) is 0 Å². The highest BCUT2D eigenvalue weighted by molar-refractivity contribution is 5.79. The molecule has 2 amide bonds. The number of hydrogen-bond donors (Lipinski definition) is 2. The number of fused-ring (bicyclic) bond motifs is 3. The van der Waals surface area contributed by atoms with Gasteiger partial charge in [-0.15, -0.1) is 0 Å². The molecule has 2 aromatic carbocycles. The summed E-state index contributed by atoms with van der Waals surface area (Å²) < 4.78 is 40.0. The second-order valence-electron chi connectivity index (χ2n) is 9.85.